The molecule has 0 aliphatic rings. The monoisotopic (exact) mass is 429 g/mol. The fourth-order valence-electron chi connectivity index (χ4n) is 2.88. The number of nitrogens with zero attached hydrogens (tertiary/aromatic N) is 2. The quantitative estimate of drug-likeness (QED) is 0.260. The lowest BCUT2D eigenvalue weighted by Gasteiger charge is -2.11. The Morgan fingerprint density at radius 1 is 0.871 bits per heavy atom. The highest BCUT2D eigenvalue weighted by molar-refractivity contribution is 7.13. The molecule has 3 aromatic carbocycles. The number of hydrazone groups is 1. The maximum atomic E-state index is 6.02. The fraction of sp³-hybridized carbons (Fsp3) is 0.120. The SMILES string of the molecule is Cc1csc(NN=Cc2cc(OCc3ccccc3)cc(OCc3ccccc3)c2)n1. The Kier molecular flexibility index (Phi) is 6.92. The second-order valence-electron chi connectivity index (χ2n) is 6.95. The Labute approximate surface area is 186 Å². The van der Waals surface area contributed by atoms with Gasteiger partial charge in [-0.15, -0.1) is 11.3 Å². The minimum absolute atomic E-state index is 0.482. The molecule has 1 heterocycles. The summed E-state index contributed by atoms with van der Waals surface area (Å²) < 4.78 is 12.0. The van der Waals surface area contributed by atoms with E-state index in [1.807, 2.05) is 91.2 Å². The molecular weight excluding hydrogens is 406 g/mol. The van der Waals surface area contributed by atoms with Crippen molar-refractivity contribution in [2.45, 2.75) is 20.1 Å². The van der Waals surface area contributed by atoms with Gasteiger partial charge < -0.3 is 9.47 Å². The zero-order valence-electron chi connectivity index (χ0n) is 17.2. The van der Waals surface area contributed by atoms with Crippen molar-refractivity contribution >= 4 is 22.7 Å². The van der Waals surface area contributed by atoms with E-state index in [9.17, 15) is 0 Å². The Bertz CT molecular complexity index is 1070. The number of rotatable bonds is 9. The smallest absolute Gasteiger partial charge is 0.203 e. The van der Waals surface area contributed by atoms with Crippen molar-refractivity contribution in [3.05, 3.63) is 107 Å². The molecule has 156 valence electrons. The van der Waals surface area contributed by atoms with Gasteiger partial charge in [0.25, 0.3) is 0 Å². The van der Waals surface area contributed by atoms with Crippen molar-refractivity contribution < 1.29 is 9.47 Å². The van der Waals surface area contributed by atoms with Crippen LogP contribution in [0.1, 0.15) is 22.4 Å². The van der Waals surface area contributed by atoms with Gasteiger partial charge in [-0.05, 0) is 30.2 Å². The van der Waals surface area contributed by atoms with Crippen LogP contribution in [0.4, 0.5) is 5.13 Å². The van der Waals surface area contributed by atoms with Gasteiger partial charge in [-0.2, -0.15) is 5.10 Å². The predicted octanol–water partition coefficient (Wildman–Crippen LogP) is 6.06. The molecule has 4 aromatic rings. The molecule has 0 amide bonds. The van der Waals surface area contributed by atoms with E-state index in [1.165, 1.54) is 11.3 Å². The average molecular weight is 430 g/mol. The summed E-state index contributed by atoms with van der Waals surface area (Å²) in [5.74, 6) is 1.45. The second-order valence-corrected chi connectivity index (χ2v) is 7.81. The number of aromatic nitrogens is 1. The summed E-state index contributed by atoms with van der Waals surface area (Å²) >= 11 is 1.52. The normalized spacial score (nSPS) is 10.9. The first-order valence-corrected chi connectivity index (χ1v) is 10.8. The molecular formula is C25H23N3O2S. The third kappa shape index (κ3) is 6.42. The van der Waals surface area contributed by atoms with Crippen LogP contribution >= 0.6 is 11.3 Å². The number of thiazole rings is 1. The van der Waals surface area contributed by atoms with Crippen LogP contribution in [-0.4, -0.2) is 11.2 Å². The molecule has 5 nitrogen and oxygen atoms in total. The summed E-state index contributed by atoms with van der Waals surface area (Å²) in [6.45, 7) is 2.92. The Hall–Kier alpha value is -3.64. The molecule has 0 bridgehead atoms. The van der Waals surface area contributed by atoms with E-state index in [0.717, 1.165) is 39.0 Å². The van der Waals surface area contributed by atoms with Crippen molar-refractivity contribution in [2.24, 2.45) is 5.10 Å². The third-order valence-electron chi connectivity index (χ3n) is 4.39. The fourth-order valence-corrected chi connectivity index (χ4v) is 3.52. The minimum atomic E-state index is 0.482. The van der Waals surface area contributed by atoms with Gasteiger partial charge in [0.2, 0.25) is 5.13 Å². The van der Waals surface area contributed by atoms with Gasteiger partial charge in [-0.3, -0.25) is 5.43 Å². The van der Waals surface area contributed by atoms with Crippen molar-refractivity contribution in [2.75, 3.05) is 5.43 Å². The molecule has 1 N–H and O–H groups in total. The molecule has 0 radical (unpaired) electrons. The zero-order valence-corrected chi connectivity index (χ0v) is 18.0. The van der Waals surface area contributed by atoms with Crippen LogP contribution in [0.5, 0.6) is 11.5 Å². The maximum absolute atomic E-state index is 6.02. The van der Waals surface area contributed by atoms with E-state index < -0.39 is 0 Å². The standard InChI is InChI=1S/C25H23N3O2S/c1-19-18-31-25(27-19)28-26-15-22-12-23(29-16-20-8-4-2-5-9-20)14-24(13-22)30-17-21-10-6-3-7-11-21/h2-15,18H,16-17H2,1H3,(H,27,28). The molecule has 0 saturated carbocycles. The van der Waals surface area contributed by atoms with Crippen LogP contribution in [0.3, 0.4) is 0 Å². The first-order chi connectivity index (χ1) is 15.2. The molecule has 0 fully saturated rings. The summed E-state index contributed by atoms with van der Waals surface area (Å²) in [6.07, 6.45) is 1.74. The van der Waals surface area contributed by atoms with Crippen LogP contribution in [0.25, 0.3) is 0 Å². The van der Waals surface area contributed by atoms with Crippen molar-refractivity contribution in [1.82, 2.24) is 4.98 Å². The van der Waals surface area contributed by atoms with E-state index in [1.54, 1.807) is 6.21 Å². The van der Waals surface area contributed by atoms with Crippen molar-refractivity contribution in [1.29, 1.82) is 0 Å². The Morgan fingerprint density at radius 2 is 1.45 bits per heavy atom. The molecule has 0 saturated heterocycles. The molecule has 0 unspecified atom stereocenters. The van der Waals surface area contributed by atoms with E-state index in [4.69, 9.17) is 9.47 Å². The maximum Gasteiger partial charge on any atom is 0.203 e. The highest BCUT2D eigenvalue weighted by Crippen LogP contribution is 2.24. The summed E-state index contributed by atoms with van der Waals surface area (Å²) in [5.41, 5.74) is 7.01. The number of aryl methyl sites for hydroxylation is 1. The molecule has 0 atom stereocenters. The molecule has 31 heavy (non-hydrogen) atoms. The van der Waals surface area contributed by atoms with Crippen molar-refractivity contribution in [3.63, 3.8) is 0 Å². The van der Waals surface area contributed by atoms with Crippen LogP contribution < -0.4 is 14.9 Å². The van der Waals surface area contributed by atoms with E-state index >= 15 is 0 Å². The highest BCUT2D eigenvalue weighted by atomic mass is 32.1. The molecule has 0 aliphatic heterocycles. The summed E-state index contributed by atoms with van der Waals surface area (Å²) in [4.78, 5) is 4.35. The summed E-state index contributed by atoms with van der Waals surface area (Å²) in [5, 5.41) is 7.04. The first kappa shape index (κ1) is 20.6. The van der Waals surface area contributed by atoms with Gasteiger partial charge in [-0.1, -0.05) is 60.7 Å². The van der Waals surface area contributed by atoms with E-state index in [-0.39, 0.29) is 0 Å². The number of anilines is 1. The molecule has 0 spiro atoms. The van der Waals surface area contributed by atoms with E-state index in [0.29, 0.717) is 13.2 Å². The van der Waals surface area contributed by atoms with Gasteiger partial charge in [0, 0.05) is 17.0 Å². The third-order valence-corrected chi connectivity index (χ3v) is 5.26. The number of ether oxygens (including phenoxy) is 2. The number of nitrogens with one attached hydrogen (secondary N) is 1. The van der Waals surface area contributed by atoms with Crippen LogP contribution in [-0.2, 0) is 13.2 Å². The largest absolute Gasteiger partial charge is 0.489 e. The second kappa shape index (κ2) is 10.4. The molecule has 6 heteroatoms. The Morgan fingerprint density at radius 3 is 1.97 bits per heavy atom. The lowest BCUT2D eigenvalue weighted by Crippen LogP contribution is -1.99. The number of hydrogen-bond donors (Lipinski definition) is 1. The van der Waals surface area contributed by atoms with E-state index in [2.05, 4.69) is 15.5 Å². The van der Waals surface area contributed by atoms with Gasteiger partial charge in [-0.25, -0.2) is 4.98 Å². The van der Waals surface area contributed by atoms with Crippen LogP contribution in [0, 0.1) is 6.92 Å². The lowest BCUT2D eigenvalue weighted by molar-refractivity contribution is 0.290. The van der Waals surface area contributed by atoms with Gasteiger partial charge in [0.05, 0.1) is 11.9 Å². The van der Waals surface area contributed by atoms with Gasteiger partial charge in [0.1, 0.15) is 24.7 Å². The lowest BCUT2D eigenvalue weighted by atomic mass is 10.2. The van der Waals surface area contributed by atoms with Crippen LogP contribution in [0.2, 0.25) is 0 Å². The summed E-state index contributed by atoms with van der Waals surface area (Å²) in [6, 6.07) is 25.9. The molecule has 1 aromatic heterocycles. The first-order valence-electron chi connectivity index (χ1n) is 9.94. The van der Waals surface area contributed by atoms with Gasteiger partial charge >= 0.3 is 0 Å². The highest BCUT2D eigenvalue weighted by Gasteiger charge is 2.04. The summed E-state index contributed by atoms with van der Waals surface area (Å²) in [7, 11) is 0. The topological polar surface area (TPSA) is 55.7 Å². The van der Waals surface area contributed by atoms with Gasteiger partial charge in [0.15, 0.2) is 0 Å². The number of benzene rings is 3. The Balaban J connectivity index is 1.48. The number of hydrogen-bond acceptors (Lipinski definition) is 6. The molecule has 4 rings (SSSR count). The minimum Gasteiger partial charge on any atom is -0.489 e. The average Bonchev–Trinajstić information content (AvgIpc) is 3.22. The van der Waals surface area contributed by atoms with Crippen LogP contribution in [0.15, 0.2) is 89.3 Å². The zero-order chi connectivity index (χ0) is 21.3. The molecule has 0 aliphatic carbocycles. The predicted molar refractivity (Wildman–Crippen MR) is 126 cm³/mol. The van der Waals surface area contributed by atoms with Crippen molar-refractivity contribution in [3.8, 4) is 11.5 Å².